The monoisotopic (exact) mass is 278 g/mol. The molecule has 0 bridgehead atoms. The molecule has 1 heterocycles. The van der Waals surface area contributed by atoms with Crippen LogP contribution in [0.3, 0.4) is 0 Å². The second-order valence-electron chi connectivity index (χ2n) is 5.74. The van der Waals surface area contributed by atoms with Crippen LogP contribution >= 0.6 is 0 Å². The normalized spacial score (nSPS) is 20.6. The molecule has 0 amide bonds. The summed E-state index contributed by atoms with van der Waals surface area (Å²) in [7, 11) is -1.41. The number of sulfonamides is 1. The Morgan fingerprint density at radius 1 is 1.33 bits per heavy atom. The molecule has 1 fully saturated rings. The minimum absolute atomic E-state index is 0.105. The second kappa shape index (κ2) is 5.86. The molecule has 0 saturated carbocycles. The molecule has 1 saturated heterocycles. The van der Waals surface area contributed by atoms with Gasteiger partial charge in [-0.15, -0.1) is 0 Å². The first-order chi connectivity index (χ1) is 8.15. The van der Waals surface area contributed by atoms with Crippen molar-refractivity contribution in [2.75, 3.05) is 32.4 Å². The molecule has 1 aliphatic rings. The lowest BCUT2D eigenvalue weighted by atomic mass is 10.0. The van der Waals surface area contributed by atoms with E-state index in [1.54, 1.807) is 27.8 Å². The highest BCUT2D eigenvalue weighted by Gasteiger charge is 2.30. The van der Waals surface area contributed by atoms with E-state index in [9.17, 15) is 13.5 Å². The van der Waals surface area contributed by atoms with Crippen molar-refractivity contribution in [2.45, 2.75) is 45.3 Å². The fourth-order valence-corrected chi connectivity index (χ4v) is 3.49. The average Bonchev–Trinajstić information content (AvgIpc) is 2.27. The Kier molecular flexibility index (Phi) is 5.17. The van der Waals surface area contributed by atoms with Crippen LogP contribution in [-0.4, -0.2) is 66.8 Å². The highest BCUT2D eigenvalue weighted by molar-refractivity contribution is 7.89. The van der Waals surface area contributed by atoms with Gasteiger partial charge in [-0.1, -0.05) is 0 Å². The molecular weight excluding hydrogens is 252 g/mol. The van der Waals surface area contributed by atoms with Gasteiger partial charge in [0.15, 0.2) is 0 Å². The molecule has 0 aromatic carbocycles. The van der Waals surface area contributed by atoms with E-state index in [0.29, 0.717) is 6.54 Å². The number of aliphatic hydroxyl groups is 1. The van der Waals surface area contributed by atoms with E-state index in [1.807, 2.05) is 0 Å². The molecule has 0 aromatic heterocycles. The predicted molar refractivity (Wildman–Crippen MR) is 73.0 cm³/mol. The quantitative estimate of drug-likeness (QED) is 0.796. The van der Waals surface area contributed by atoms with Gasteiger partial charge in [-0.05, 0) is 46.7 Å². The number of likely N-dealkylation sites (tertiary alicyclic amines) is 1. The summed E-state index contributed by atoms with van der Waals surface area (Å²) in [5, 5.41) is 9.76. The summed E-state index contributed by atoms with van der Waals surface area (Å²) in [5.41, 5.74) is -0.686. The highest BCUT2D eigenvalue weighted by Crippen LogP contribution is 2.19. The van der Waals surface area contributed by atoms with Crippen LogP contribution in [0, 0.1) is 0 Å². The van der Waals surface area contributed by atoms with Gasteiger partial charge < -0.3 is 10.0 Å². The van der Waals surface area contributed by atoms with Crippen LogP contribution in [0.2, 0.25) is 0 Å². The van der Waals surface area contributed by atoms with Gasteiger partial charge in [0, 0.05) is 19.6 Å². The standard InChI is InChI=1S/C12H26N2O3S/c1-5-18(16,17)13(4)11-6-8-14(9-7-11)10-12(2,3)15/h11,15H,5-10H2,1-4H3. The van der Waals surface area contributed by atoms with Crippen molar-refractivity contribution < 1.29 is 13.5 Å². The smallest absolute Gasteiger partial charge is 0.213 e. The van der Waals surface area contributed by atoms with Gasteiger partial charge in [0.2, 0.25) is 10.0 Å². The molecule has 1 rings (SSSR count). The lowest BCUT2D eigenvalue weighted by molar-refractivity contribution is 0.0241. The molecule has 108 valence electrons. The molecule has 0 radical (unpaired) electrons. The molecule has 5 nitrogen and oxygen atoms in total. The van der Waals surface area contributed by atoms with Gasteiger partial charge in [0.05, 0.1) is 11.4 Å². The van der Waals surface area contributed by atoms with E-state index in [1.165, 1.54) is 4.31 Å². The van der Waals surface area contributed by atoms with Crippen molar-refractivity contribution in [1.29, 1.82) is 0 Å². The Balaban J connectivity index is 2.49. The van der Waals surface area contributed by atoms with E-state index < -0.39 is 15.6 Å². The van der Waals surface area contributed by atoms with Crippen molar-refractivity contribution in [2.24, 2.45) is 0 Å². The van der Waals surface area contributed by atoms with Crippen molar-refractivity contribution in [3.05, 3.63) is 0 Å². The van der Waals surface area contributed by atoms with Crippen molar-refractivity contribution >= 4 is 10.0 Å². The first-order valence-electron chi connectivity index (χ1n) is 6.56. The number of piperidine rings is 1. The third-order valence-corrected chi connectivity index (χ3v) is 5.39. The molecule has 0 atom stereocenters. The van der Waals surface area contributed by atoms with Gasteiger partial charge >= 0.3 is 0 Å². The van der Waals surface area contributed by atoms with Gasteiger partial charge in [-0.2, -0.15) is 0 Å². The van der Waals surface area contributed by atoms with Gasteiger partial charge in [0.1, 0.15) is 0 Å². The minimum Gasteiger partial charge on any atom is -0.389 e. The van der Waals surface area contributed by atoms with Crippen molar-refractivity contribution in [3.8, 4) is 0 Å². The Morgan fingerprint density at radius 2 is 1.83 bits per heavy atom. The van der Waals surface area contributed by atoms with Crippen molar-refractivity contribution in [3.63, 3.8) is 0 Å². The lowest BCUT2D eigenvalue weighted by Crippen LogP contribution is -2.49. The molecule has 18 heavy (non-hydrogen) atoms. The summed E-state index contributed by atoms with van der Waals surface area (Å²) in [5.74, 6) is 0.160. The number of rotatable bonds is 5. The van der Waals surface area contributed by atoms with E-state index >= 15 is 0 Å². The van der Waals surface area contributed by atoms with E-state index in [-0.39, 0.29) is 11.8 Å². The molecule has 0 aliphatic carbocycles. The third kappa shape index (κ3) is 4.50. The van der Waals surface area contributed by atoms with E-state index in [4.69, 9.17) is 0 Å². The summed E-state index contributed by atoms with van der Waals surface area (Å²) in [4.78, 5) is 2.20. The summed E-state index contributed by atoms with van der Waals surface area (Å²) in [6.07, 6.45) is 1.68. The van der Waals surface area contributed by atoms with Crippen LogP contribution in [0.4, 0.5) is 0 Å². The Bertz CT molecular complexity index is 354. The topological polar surface area (TPSA) is 60.9 Å². The Labute approximate surface area is 111 Å². The zero-order chi connectivity index (χ0) is 14.0. The summed E-state index contributed by atoms with van der Waals surface area (Å²) in [6.45, 7) is 7.61. The largest absolute Gasteiger partial charge is 0.389 e. The zero-order valence-corrected chi connectivity index (χ0v) is 12.7. The van der Waals surface area contributed by atoms with Crippen LogP contribution in [-0.2, 0) is 10.0 Å². The van der Waals surface area contributed by atoms with Crippen LogP contribution < -0.4 is 0 Å². The van der Waals surface area contributed by atoms with Crippen LogP contribution in [0.25, 0.3) is 0 Å². The highest BCUT2D eigenvalue weighted by atomic mass is 32.2. The summed E-state index contributed by atoms with van der Waals surface area (Å²) in [6, 6.07) is 0.105. The van der Waals surface area contributed by atoms with Crippen LogP contribution in [0.5, 0.6) is 0 Å². The zero-order valence-electron chi connectivity index (χ0n) is 11.9. The maximum absolute atomic E-state index is 11.8. The minimum atomic E-state index is -3.08. The van der Waals surface area contributed by atoms with Crippen molar-refractivity contribution in [1.82, 2.24) is 9.21 Å². The number of β-amino-alcohol motifs (C(OH)–C–C–N with tert-alkyl or cyclic N) is 1. The molecule has 1 N–H and O–H groups in total. The second-order valence-corrected chi connectivity index (χ2v) is 8.05. The third-order valence-electron chi connectivity index (χ3n) is 3.49. The average molecular weight is 278 g/mol. The van der Waals surface area contributed by atoms with Gasteiger partial charge in [0.25, 0.3) is 0 Å². The number of nitrogens with zero attached hydrogens (tertiary/aromatic N) is 2. The fourth-order valence-electron chi connectivity index (χ4n) is 2.42. The number of hydrogen-bond donors (Lipinski definition) is 1. The fraction of sp³-hybridized carbons (Fsp3) is 1.00. The summed E-state index contributed by atoms with van der Waals surface area (Å²) < 4.78 is 25.1. The Morgan fingerprint density at radius 3 is 2.22 bits per heavy atom. The maximum atomic E-state index is 11.8. The van der Waals surface area contributed by atoms with Gasteiger partial charge in [-0.25, -0.2) is 12.7 Å². The predicted octanol–water partition coefficient (Wildman–Crippen LogP) is 0.503. The lowest BCUT2D eigenvalue weighted by Gasteiger charge is -2.38. The first kappa shape index (κ1) is 15.9. The van der Waals surface area contributed by atoms with Gasteiger partial charge in [-0.3, -0.25) is 0 Å². The maximum Gasteiger partial charge on any atom is 0.213 e. The summed E-state index contributed by atoms with van der Waals surface area (Å²) >= 11 is 0. The molecule has 0 spiro atoms. The molecule has 0 unspecified atom stereocenters. The SMILES string of the molecule is CCS(=O)(=O)N(C)C1CCN(CC(C)(C)O)CC1. The molecule has 6 heteroatoms. The van der Waals surface area contributed by atoms with Crippen LogP contribution in [0.15, 0.2) is 0 Å². The molecule has 0 aromatic rings. The molecular formula is C12H26N2O3S. The van der Waals surface area contributed by atoms with E-state index in [2.05, 4.69) is 4.90 Å². The Hall–Kier alpha value is -0.170. The first-order valence-corrected chi connectivity index (χ1v) is 8.17. The van der Waals surface area contributed by atoms with E-state index in [0.717, 1.165) is 25.9 Å². The number of hydrogen-bond acceptors (Lipinski definition) is 4. The molecule has 1 aliphatic heterocycles. The van der Waals surface area contributed by atoms with Crippen LogP contribution in [0.1, 0.15) is 33.6 Å².